The third kappa shape index (κ3) is 4.03. The van der Waals surface area contributed by atoms with Gasteiger partial charge in [-0.15, -0.1) is 0 Å². The summed E-state index contributed by atoms with van der Waals surface area (Å²) in [7, 11) is 0. The molecular weight excluding hydrogens is 299 g/mol. The smallest absolute Gasteiger partial charge is 0.266 e. The molecule has 1 aromatic carbocycles. The van der Waals surface area contributed by atoms with Crippen molar-refractivity contribution in [1.29, 1.82) is 0 Å². The van der Waals surface area contributed by atoms with Crippen molar-refractivity contribution in [3.8, 4) is 11.3 Å². The molecule has 2 heterocycles. The average molecular weight is 318 g/mol. The molecule has 0 bridgehead atoms. The van der Waals surface area contributed by atoms with Gasteiger partial charge in [0.1, 0.15) is 5.82 Å². The lowest BCUT2D eigenvalue weighted by atomic mass is 10.1. The van der Waals surface area contributed by atoms with E-state index < -0.39 is 0 Å². The number of rotatable bonds is 5. The number of hydrogen-bond acceptors (Lipinski definition) is 4. The minimum atomic E-state index is -0.364. The van der Waals surface area contributed by atoms with Crippen LogP contribution in [0.5, 0.6) is 0 Å². The Morgan fingerprint density at radius 3 is 2.91 bits per heavy atom. The molecule has 1 atom stereocenters. The van der Waals surface area contributed by atoms with Crippen molar-refractivity contribution < 1.29 is 13.9 Å². The highest BCUT2D eigenvalue weighted by Crippen LogP contribution is 2.19. The molecule has 0 amide bonds. The average Bonchev–Trinajstić information content (AvgIpc) is 2.58. The summed E-state index contributed by atoms with van der Waals surface area (Å²) in [6, 6.07) is 9.29. The highest BCUT2D eigenvalue weighted by molar-refractivity contribution is 5.58. The summed E-state index contributed by atoms with van der Waals surface area (Å²) in [6.07, 6.45) is 2.82. The van der Waals surface area contributed by atoms with E-state index in [1.54, 1.807) is 18.2 Å². The Bertz CT molecular complexity index is 711. The van der Waals surface area contributed by atoms with Gasteiger partial charge in [0.25, 0.3) is 5.56 Å². The van der Waals surface area contributed by atoms with Crippen molar-refractivity contribution in [2.75, 3.05) is 13.2 Å². The van der Waals surface area contributed by atoms with E-state index in [4.69, 9.17) is 9.47 Å². The predicted molar refractivity (Wildman–Crippen MR) is 83.4 cm³/mol. The zero-order valence-electron chi connectivity index (χ0n) is 12.8. The van der Waals surface area contributed by atoms with E-state index in [2.05, 4.69) is 5.10 Å². The minimum Gasteiger partial charge on any atom is -0.353 e. The summed E-state index contributed by atoms with van der Waals surface area (Å²) in [5.41, 5.74) is 0.563. The van der Waals surface area contributed by atoms with E-state index in [-0.39, 0.29) is 17.7 Å². The first-order chi connectivity index (χ1) is 11.2. The monoisotopic (exact) mass is 318 g/mol. The number of benzene rings is 1. The van der Waals surface area contributed by atoms with Crippen LogP contribution < -0.4 is 5.56 Å². The summed E-state index contributed by atoms with van der Waals surface area (Å²) < 4.78 is 26.2. The van der Waals surface area contributed by atoms with Crippen LogP contribution in [0.3, 0.4) is 0 Å². The van der Waals surface area contributed by atoms with E-state index in [9.17, 15) is 9.18 Å². The molecule has 5 nitrogen and oxygen atoms in total. The fourth-order valence-electron chi connectivity index (χ4n) is 2.53. The maximum Gasteiger partial charge on any atom is 0.266 e. The van der Waals surface area contributed by atoms with E-state index in [0.717, 1.165) is 19.3 Å². The van der Waals surface area contributed by atoms with Crippen LogP contribution in [-0.2, 0) is 16.0 Å². The van der Waals surface area contributed by atoms with Crippen LogP contribution in [0.2, 0.25) is 0 Å². The van der Waals surface area contributed by atoms with Crippen molar-refractivity contribution in [2.24, 2.45) is 0 Å². The summed E-state index contributed by atoms with van der Waals surface area (Å²) in [4.78, 5) is 11.9. The zero-order chi connectivity index (χ0) is 16.1. The summed E-state index contributed by atoms with van der Waals surface area (Å²) in [5.74, 6) is -0.364. The van der Waals surface area contributed by atoms with Crippen LogP contribution >= 0.6 is 0 Å². The second kappa shape index (κ2) is 7.48. The van der Waals surface area contributed by atoms with Crippen LogP contribution in [-0.4, -0.2) is 29.3 Å². The normalized spacial score (nSPS) is 18.0. The quantitative estimate of drug-likeness (QED) is 0.850. The van der Waals surface area contributed by atoms with Crippen LogP contribution in [0.1, 0.15) is 19.3 Å². The number of ether oxygens (including phenoxy) is 2. The molecule has 0 radical (unpaired) electrons. The van der Waals surface area contributed by atoms with Crippen molar-refractivity contribution in [3.05, 3.63) is 52.6 Å². The molecule has 0 N–H and O–H groups in total. The molecule has 0 unspecified atom stereocenters. The van der Waals surface area contributed by atoms with Crippen LogP contribution in [0, 0.1) is 5.82 Å². The molecule has 3 rings (SSSR count). The molecular formula is C17H19FN2O3. The van der Waals surface area contributed by atoms with Crippen molar-refractivity contribution in [1.82, 2.24) is 9.78 Å². The molecule has 1 aromatic heterocycles. The molecule has 6 heteroatoms. The van der Waals surface area contributed by atoms with Crippen molar-refractivity contribution in [3.63, 3.8) is 0 Å². The Morgan fingerprint density at radius 1 is 1.26 bits per heavy atom. The Hall–Kier alpha value is -2.05. The zero-order valence-corrected chi connectivity index (χ0v) is 12.8. The van der Waals surface area contributed by atoms with Crippen LogP contribution in [0.15, 0.2) is 41.2 Å². The van der Waals surface area contributed by atoms with Gasteiger partial charge in [0.2, 0.25) is 0 Å². The van der Waals surface area contributed by atoms with Crippen LogP contribution in [0.4, 0.5) is 4.39 Å². The number of halogens is 1. The Morgan fingerprint density at radius 2 is 2.13 bits per heavy atom. The fraction of sp³-hybridized carbons (Fsp3) is 0.412. The third-order valence-electron chi connectivity index (χ3n) is 3.76. The Balaban J connectivity index is 1.68. The van der Waals surface area contributed by atoms with Gasteiger partial charge in [-0.2, -0.15) is 5.10 Å². The van der Waals surface area contributed by atoms with E-state index in [1.165, 1.54) is 22.9 Å². The standard InChI is InChI=1S/C17H19FN2O3/c18-14-6-2-1-5-13(14)15-8-9-16(21)20(19-15)10-12-23-17-7-3-4-11-22-17/h1-2,5-6,8-9,17H,3-4,7,10-12H2/t17-/m1/s1. The van der Waals surface area contributed by atoms with Gasteiger partial charge < -0.3 is 9.47 Å². The topological polar surface area (TPSA) is 53.4 Å². The SMILES string of the molecule is O=c1ccc(-c2ccccc2F)nn1CCO[C@@H]1CCCCO1. The third-order valence-corrected chi connectivity index (χ3v) is 3.76. The largest absolute Gasteiger partial charge is 0.353 e. The minimum absolute atomic E-state index is 0.200. The van der Waals surface area contributed by atoms with Crippen molar-refractivity contribution >= 4 is 0 Å². The molecule has 1 fully saturated rings. The molecule has 1 aliphatic rings. The van der Waals surface area contributed by atoms with Gasteiger partial charge in [-0.3, -0.25) is 4.79 Å². The van der Waals surface area contributed by atoms with Gasteiger partial charge in [0.15, 0.2) is 6.29 Å². The van der Waals surface area contributed by atoms with E-state index in [1.807, 2.05) is 0 Å². The number of hydrogen-bond donors (Lipinski definition) is 0. The first-order valence-electron chi connectivity index (χ1n) is 7.80. The first-order valence-corrected chi connectivity index (χ1v) is 7.80. The highest BCUT2D eigenvalue weighted by Gasteiger charge is 2.14. The Labute approximate surface area is 133 Å². The second-order valence-electron chi connectivity index (χ2n) is 5.43. The molecule has 122 valence electrons. The van der Waals surface area contributed by atoms with Crippen LogP contribution in [0.25, 0.3) is 11.3 Å². The van der Waals surface area contributed by atoms with Crippen molar-refractivity contribution in [2.45, 2.75) is 32.1 Å². The second-order valence-corrected chi connectivity index (χ2v) is 5.43. The van der Waals surface area contributed by atoms with Gasteiger partial charge in [0.05, 0.1) is 18.8 Å². The molecule has 1 aliphatic heterocycles. The fourth-order valence-corrected chi connectivity index (χ4v) is 2.53. The molecule has 2 aromatic rings. The molecule has 0 spiro atoms. The lowest BCUT2D eigenvalue weighted by Gasteiger charge is -2.22. The summed E-state index contributed by atoms with van der Waals surface area (Å²) in [5, 5.41) is 4.23. The maximum absolute atomic E-state index is 13.8. The Kier molecular flexibility index (Phi) is 5.15. The summed E-state index contributed by atoms with van der Waals surface area (Å²) in [6.45, 7) is 1.35. The molecule has 1 saturated heterocycles. The van der Waals surface area contributed by atoms with Gasteiger partial charge >= 0.3 is 0 Å². The summed E-state index contributed by atoms with van der Waals surface area (Å²) >= 11 is 0. The molecule has 0 aliphatic carbocycles. The first kappa shape index (κ1) is 15.8. The van der Waals surface area contributed by atoms with Gasteiger partial charge in [-0.25, -0.2) is 9.07 Å². The predicted octanol–water partition coefficient (Wildman–Crippen LogP) is 2.59. The lowest BCUT2D eigenvalue weighted by molar-refractivity contribution is -0.163. The molecule has 23 heavy (non-hydrogen) atoms. The number of aromatic nitrogens is 2. The number of nitrogens with zero attached hydrogens (tertiary/aromatic N) is 2. The van der Waals surface area contributed by atoms with Gasteiger partial charge in [0, 0.05) is 18.2 Å². The van der Waals surface area contributed by atoms with Gasteiger partial charge in [-0.05, 0) is 37.5 Å². The van der Waals surface area contributed by atoms with E-state index >= 15 is 0 Å². The molecule has 0 saturated carbocycles. The van der Waals surface area contributed by atoms with Gasteiger partial charge in [-0.1, -0.05) is 12.1 Å². The lowest BCUT2D eigenvalue weighted by Crippen LogP contribution is -2.28. The maximum atomic E-state index is 13.8. The van der Waals surface area contributed by atoms with E-state index in [0.29, 0.717) is 31.0 Å². The highest BCUT2D eigenvalue weighted by atomic mass is 19.1.